The molecule has 8 heteroatoms. The van der Waals surface area contributed by atoms with Gasteiger partial charge < -0.3 is 15.3 Å². The lowest BCUT2D eigenvalue weighted by Crippen LogP contribution is -2.15. The molecule has 0 spiro atoms. The molecule has 0 radical (unpaired) electrons. The molecule has 1 saturated heterocycles. The van der Waals surface area contributed by atoms with Gasteiger partial charge in [0.1, 0.15) is 12.5 Å². The topological polar surface area (TPSA) is 116 Å². The van der Waals surface area contributed by atoms with E-state index in [1.807, 2.05) is 6.92 Å². The number of fused-ring (bicyclic) bond motifs is 1. The third kappa shape index (κ3) is 1.97. The van der Waals surface area contributed by atoms with Crippen molar-refractivity contribution in [3.63, 3.8) is 0 Å². The lowest BCUT2D eigenvalue weighted by molar-refractivity contribution is -0.111. The number of aromatic nitrogens is 4. The molecule has 0 aliphatic carbocycles. The number of hydrogen-bond acceptors (Lipinski definition) is 6. The summed E-state index contributed by atoms with van der Waals surface area (Å²) in [6.07, 6.45) is 3.07. The van der Waals surface area contributed by atoms with Crippen molar-refractivity contribution in [2.75, 3.05) is 5.73 Å². The van der Waals surface area contributed by atoms with Crippen LogP contribution in [0.15, 0.2) is 11.1 Å². The average Bonchev–Trinajstić information content (AvgIpc) is 2.94. The Bertz CT molecular complexity index is 707. The van der Waals surface area contributed by atoms with Crippen molar-refractivity contribution in [3.8, 4) is 0 Å². The molecule has 0 unspecified atom stereocenters. The monoisotopic (exact) mass is 277 g/mol. The number of rotatable bonds is 3. The van der Waals surface area contributed by atoms with Crippen molar-refractivity contribution in [2.45, 2.75) is 32.1 Å². The molecule has 0 saturated carbocycles. The number of nitrogens with one attached hydrogen (secondary N) is 1. The normalized spacial score (nSPS) is 26.1. The molecule has 2 aromatic heterocycles. The standard InChI is InChI=1S/C12H15N5O3/c1-6-4-8(20-7(6)2-3-18)17-5-14-9-10(17)15-12(13)16-11(9)19/h3,5-8H,2,4H2,1H3,(H3,13,15,16,19)/t6-,7+,8+/m0/s1. The Kier molecular flexibility index (Phi) is 3.01. The van der Waals surface area contributed by atoms with Crippen LogP contribution in [-0.2, 0) is 9.53 Å². The van der Waals surface area contributed by atoms with Crippen molar-refractivity contribution in [2.24, 2.45) is 5.92 Å². The zero-order valence-corrected chi connectivity index (χ0v) is 10.9. The highest BCUT2D eigenvalue weighted by atomic mass is 16.5. The first kappa shape index (κ1) is 12.8. The van der Waals surface area contributed by atoms with Crippen LogP contribution in [0.3, 0.4) is 0 Å². The summed E-state index contributed by atoms with van der Waals surface area (Å²) >= 11 is 0. The Labute approximate surface area is 114 Å². The van der Waals surface area contributed by atoms with E-state index in [1.54, 1.807) is 4.57 Å². The number of imidazole rings is 1. The molecule has 2 aromatic rings. The van der Waals surface area contributed by atoms with Crippen LogP contribution >= 0.6 is 0 Å². The van der Waals surface area contributed by atoms with Crippen LogP contribution in [0.1, 0.15) is 26.0 Å². The summed E-state index contributed by atoms with van der Waals surface area (Å²) in [6.45, 7) is 2.03. The predicted octanol–water partition coefficient (Wildman–Crippen LogP) is 0.214. The summed E-state index contributed by atoms with van der Waals surface area (Å²) in [7, 11) is 0. The summed E-state index contributed by atoms with van der Waals surface area (Å²) in [5.74, 6) is 0.293. The molecule has 20 heavy (non-hydrogen) atoms. The van der Waals surface area contributed by atoms with Crippen LogP contribution < -0.4 is 11.3 Å². The van der Waals surface area contributed by atoms with Gasteiger partial charge in [0, 0.05) is 6.42 Å². The van der Waals surface area contributed by atoms with Crippen LogP contribution in [0.4, 0.5) is 5.95 Å². The minimum Gasteiger partial charge on any atom is -0.369 e. The van der Waals surface area contributed by atoms with Crippen molar-refractivity contribution in [1.29, 1.82) is 0 Å². The molecule has 106 valence electrons. The molecular formula is C12H15N5O3. The van der Waals surface area contributed by atoms with Gasteiger partial charge in [-0.25, -0.2) is 4.98 Å². The van der Waals surface area contributed by atoms with Crippen LogP contribution in [0.5, 0.6) is 0 Å². The lowest BCUT2D eigenvalue weighted by atomic mass is 10.0. The van der Waals surface area contributed by atoms with Gasteiger partial charge in [-0.2, -0.15) is 4.98 Å². The van der Waals surface area contributed by atoms with E-state index in [0.29, 0.717) is 12.1 Å². The smallest absolute Gasteiger partial charge is 0.280 e. The Morgan fingerprint density at radius 1 is 1.65 bits per heavy atom. The summed E-state index contributed by atoms with van der Waals surface area (Å²) in [6, 6.07) is 0. The van der Waals surface area contributed by atoms with Crippen molar-refractivity contribution >= 4 is 23.4 Å². The fraction of sp³-hybridized carbons (Fsp3) is 0.500. The summed E-state index contributed by atoms with van der Waals surface area (Å²) in [4.78, 5) is 32.9. The number of hydrogen-bond donors (Lipinski definition) is 2. The van der Waals surface area contributed by atoms with Gasteiger partial charge in [0.15, 0.2) is 11.2 Å². The number of ether oxygens (including phenoxy) is 1. The number of carbonyl (C=O) groups is 1. The molecule has 0 bridgehead atoms. The van der Waals surface area contributed by atoms with Crippen molar-refractivity contribution < 1.29 is 9.53 Å². The van der Waals surface area contributed by atoms with Gasteiger partial charge in [0.25, 0.3) is 5.56 Å². The highest BCUT2D eigenvalue weighted by Crippen LogP contribution is 2.35. The second-order valence-corrected chi connectivity index (χ2v) is 5.02. The van der Waals surface area contributed by atoms with Crippen LogP contribution in [-0.4, -0.2) is 31.9 Å². The van der Waals surface area contributed by atoms with Gasteiger partial charge in [-0.1, -0.05) is 6.92 Å². The Balaban J connectivity index is 1.99. The second kappa shape index (κ2) is 4.71. The molecule has 1 aliphatic rings. The fourth-order valence-corrected chi connectivity index (χ4v) is 2.58. The number of aromatic amines is 1. The molecule has 3 heterocycles. The van der Waals surface area contributed by atoms with Gasteiger partial charge in [0.05, 0.1) is 12.4 Å². The molecule has 0 amide bonds. The van der Waals surface area contributed by atoms with Gasteiger partial charge in [-0.05, 0) is 12.3 Å². The SMILES string of the molecule is C[C@H]1C[C@H](n2cnc3c(=O)[nH]c(N)nc32)O[C@@H]1CC=O. The minimum absolute atomic E-state index is 0.0414. The zero-order chi connectivity index (χ0) is 14.3. The maximum absolute atomic E-state index is 11.7. The molecule has 0 aromatic carbocycles. The summed E-state index contributed by atoms with van der Waals surface area (Å²) in [5.41, 5.74) is 5.81. The minimum atomic E-state index is -0.373. The van der Waals surface area contributed by atoms with Crippen molar-refractivity contribution in [3.05, 3.63) is 16.7 Å². The van der Waals surface area contributed by atoms with E-state index in [1.165, 1.54) is 6.33 Å². The van der Waals surface area contributed by atoms with Gasteiger partial charge in [0.2, 0.25) is 5.95 Å². The Hall–Kier alpha value is -2.22. The number of anilines is 1. The number of carbonyl (C=O) groups excluding carboxylic acids is 1. The van der Waals surface area contributed by atoms with E-state index in [2.05, 4.69) is 15.0 Å². The van der Waals surface area contributed by atoms with E-state index in [9.17, 15) is 9.59 Å². The Morgan fingerprint density at radius 3 is 3.20 bits per heavy atom. The first-order valence-electron chi connectivity index (χ1n) is 6.41. The Morgan fingerprint density at radius 2 is 2.45 bits per heavy atom. The molecule has 8 nitrogen and oxygen atoms in total. The lowest BCUT2D eigenvalue weighted by Gasteiger charge is -2.14. The third-order valence-corrected chi connectivity index (χ3v) is 3.63. The third-order valence-electron chi connectivity index (χ3n) is 3.63. The predicted molar refractivity (Wildman–Crippen MR) is 70.9 cm³/mol. The van der Waals surface area contributed by atoms with Gasteiger partial charge in [-0.15, -0.1) is 0 Å². The maximum atomic E-state index is 11.7. The largest absolute Gasteiger partial charge is 0.369 e. The quantitative estimate of drug-likeness (QED) is 0.775. The van der Waals surface area contributed by atoms with E-state index in [-0.39, 0.29) is 35.3 Å². The van der Waals surface area contributed by atoms with Crippen LogP contribution in [0.25, 0.3) is 11.2 Å². The van der Waals surface area contributed by atoms with Crippen LogP contribution in [0, 0.1) is 5.92 Å². The van der Waals surface area contributed by atoms with E-state index >= 15 is 0 Å². The molecule has 3 atom stereocenters. The zero-order valence-electron chi connectivity index (χ0n) is 10.9. The summed E-state index contributed by atoms with van der Waals surface area (Å²) < 4.78 is 7.54. The highest BCUT2D eigenvalue weighted by Gasteiger charge is 2.33. The first-order chi connectivity index (χ1) is 9.60. The number of aldehydes is 1. The van der Waals surface area contributed by atoms with E-state index in [0.717, 1.165) is 12.7 Å². The molecule has 3 N–H and O–H groups in total. The van der Waals surface area contributed by atoms with E-state index < -0.39 is 0 Å². The molecular weight excluding hydrogens is 262 g/mol. The molecule has 1 fully saturated rings. The van der Waals surface area contributed by atoms with Gasteiger partial charge in [-0.3, -0.25) is 14.3 Å². The van der Waals surface area contributed by atoms with Crippen molar-refractivity contribution in [1.82, 2.24) is 19.5 Å². The fourth-order valence-electron chi connectivity index (χ4n) is 2.58. The second-order valence-electron chi connectivity index (χ2n) is 5.02. The molecule has 3 rings (SSSR count). The number of nitrogen functional groups attached to an aromatic ring is 1. The maximum Gasteiger partial charge on any atom is 0.280 e. The first-order valence-corrected chi connectivity index (χ1v) is 6.41. The molecule has 1 aliphatic heterocycles. The van der Waals surface area contributed by atoms with E-state index in [4.69, 9.17) is 10.5 Å². The summed E-state index contributed by atoms with van der Waals surface area (Å²) in [5, 5.41) is 0. The highest BCUT2D eigenvalue weighted by molar-refractivity contribution is 5.70. The number of nitrogens with two attached hydrogens (primary N) is 1. The average molecular weight is 277 g/mol. The number of nitrogens with zero attached hydrogens (tertiary/aromatic N) is 3. The van der Waals surface area contributed by atoms with Crippen LogP contribution in [0.2, 0.25) is 0 Å². The van der Waals surface area contributed by atoms with Gasteiger partial charge >= 0.3 is 0 Å². The number of H-pyrrole nitrogens is 1.